The summed E-state index contributed by atoms with van der Waals surface area (Å²) in [5.74, 6) is -0.818. The van der Waals surface area contributed by atoms with Gasteiger partial charge in [-0.15, -0.1) is 0 Å². The van der Waals surface area contributed by atoms with Gasteiger partial charge in [-0.1, -0.05) is 60.1 Å². The molecule has 1 fully saturated rings. The van der Waals surface area contributed by atoms with Crippen molar-refractivity contribution in [2.24, 2.45) is 0 Å². The van der Waals surface area contributed by atoms with E-state index in [0.717, 1.165) is 32.4 Å². The average Bonchev–Trinajstić information content (AvgIpc) is 3.41. The Morgan fingerprint density at radius 3 is 2.43 bits per heavy atom. The molecule has 3 aromatic carbocycles. The minimum absolute atomic E-state index is 0.178. The summed E-state index contributed by atoms with van der Waals surface area (Å²) in [4.78, 5) is 31.1. The van der Waals surface area contributed by atoms with Crippen LogP contribution in [-0.2, 0) is 5.41 Å². The van der Waals surface area contributed by atoms with Crippen LogP contribution in [0, 0.1) is 5.82 Å². The smallest absolute Gasteiger partial charge is 0.184 e. The number of rotatable bonds is 4. The van der Waals surface area contributed by atoms with Crippen LogP contribution in [0.5, 0.6) is 0 Å². The van der Waals surface area contributed by atoms with E-state index in [9.17, 15) is 14.0 Å². The van der Waals surface area contributed by atoms with E-state index in [2.05, 4.69) is 10.1 Å². The van der Waals surface area contributed by atoms with Crippen molar-refractivity contribution in [3.63, 3.8) is 0 Å². The van der Waals surface area contributed by atoms with Crippen molar-refractivity contribution in [2.45, 2.75) is 37.6 Å². The number of likely N-dealkylation sites (tertiary alicyclic amines) is 1. The zero-order valence-corrected chi connectivity index (χ0v) is 19.5. The zero-order valence-electron chi connectivity index (χ0n) is 19.5. The Labute approximate surface area is 202 Å². The lowest BCUT2D eigenvalue weighted by molar-refractivity contribution is 0.0599. The molecule has 1 saturated heterocycles. The molecule has 5 nitrogen and oxygen atoms in total. The molecule has 1 aliphatic carbocycles. The number of halogens is 1. The fourth-order valence-corrected chi connectivity index (χ4v) is 5.97. The molecule has 2 unspecified atom stereocenters. The second-order valence-electron chi connectivity index (χ2n) is 9.50. The summed E-state index contributed by atoms with van der Waals surface area (Å²) >= 11 is 0. The van der Waals surface area contributed by atoms with Crippen LogP contribution < -0.4 is 0 Å². The Bertz CT molecular complexity index is 1460. The number of aromatic nitrogens is 1. The Morgan fingerprint density at radius 2 is 1.66 bits per heavy atom. The van der Waals surface area contributed by atoms with Gasteiger partial charge in [0.15, 0.2) is 17.1 Å². The van der Waals surface area contributed by atoms with Crippen molar-refractivity contribution in [2.75, 3.05) is 13.1 Å². The van der Waals surface area contributed by atoms with Gasteiger partial charge in [0.2, 0.25) is 0 Å². The van der Waals surface area contributed by atoms with Crippen molar-refractivity contribution >= 4 is 22.5 Å². The van der Waals surface area contributed by atoms with Crippen molar-refractivity contribution < 1.29 is 18.5 Å². The maximum absolute atomic E-state index is 14.6. The number of ketones is 2. The van der Waals surface area contributed by atoms with Crippen LogP contribution in [-0.4, -0.2) is 40.8 Å². The average molecular weight is 469 g/mol. The highest BCUT2D eigenvalue weighted by atomic mass is 19.1. The zero-order chi connectivity index (χ0) is 24.2. The second-order valence-corrected chi connectivity index (χ2v) is 9.50. The molecule has 4 aromatic rings. The van der Waals surface area contributed by atoms with Gasteiger partial charge in [0, 0.05) is 34.2 Å². The van der Waals surface area contributed by atoms with E-state index in [0.29, 0.717) is 38.9 Å². The van der Waals surface area contributed by atoms with Gasteiger partial charge in [-0.2, -0.15) is 0 Å². The summed E-state index contributed by atoms with van der Waals surface area (Å²) in [6.07, 6.45) is 3.27. The van der Waals surface area contributed by atoms with E-state index < -0.39 is 11.2 Å². The monoisotopic (exact) mass is 468 g/mol. The van der Waals surface area contributed by atoms with E-state index in [1.165, 1.54) is 12.1 Å². The van der Waals surface area contributed by atoms with Crippen LogP contribution in [0.1, 0.15) is 52.5 Å². The van der Waals surface area contributed by atoms with Gasteiger partial charge < -0.3 is 4.52 Å². The fraction of sp³-hybridized carbons (Fsp3) is 0.276. The molecule has 35 heavy (non-hydrogen) atoms. The molecule has 2 aliphatic rings. The van der Waals surface area contributed by atoms with E-state index in [-0.39, 0.29) is 17.6 Å². The molecule has 0 N–H and O–H groups in total. The van der Waals surface area contributed by atoms with E-state index in [1.807, 2.05) is 37.3 Å². The predicted octanol–water partition coefficient (Wildman–Crippen LogP) is 5.83. The lowest BCUT2D eigenvalue weighted by atomic mass is 9.69. The highest BCUT2D eigenvalue weighted by Gasteiger charge is 2.59. The fourth-order valence-electron chi connectivity index (χ4n) is 5.97. The molecule has 0 bridgehead atoms. The number of fused-ring (bicyclic) bond motifs is 2. The SMILES string of the molecule is CC(N1CCCCC1)C1(c2ccccc2)C(=O)c2cccc(-c3noc4cc(F)ccc34)c2C1=O. The third kappa shape index (κ3) is 3.13. The molecular formula is C29H25FN2O3. The van der Waals surface area contributed by atoms with E-state index in [1.54, 1.807) is 24.3 Å². The summed E-state index contributed by atoms with van der Waals surface area (Å²) in [6, 6.07) is 18.6. The lowest BCUT2D eigenvalue weighted by Gasteiger charge is -2.42. The van der Waals surface area contributed by atoms with Crippen LogP contribution >= 0.6 is 0 Å². The quantitative estimate of drug-likeness (QED) is 0.353. The van der Waals surface area contributed by atoms with Gasteiger partial charge in [0.1, 0.15) is 16.9 Å². The second kappa shape index (κ2) is 8.24. The standard InChI is InChI=1S/C29H25FN2O3/c1-18(32-15-6-3-7-16-32)29(19-9-4-2-5-10-19)27(33)23-12-8-11-22(25(23)28(29)34)26-21-14-13-20(30)17-24(21)35-31-26/h2,4-5,8-14,17-18H,3,6-7,15-16H2,1H3. The van der Waals surface area contributed by atoms with Crippen molar-refractivity contribution in [1.29, 1.82) is 0 Å². The maximum Gasteiger partial charge on any atom is 0.184 e. The number of nitrogens with zero attached hydrogens (tertiary/aromatic N) is 2. The Morgan fingerprint density at radius 1 is 0.914 bits per heavy atom. The van der Waals surface area contributed by atoms with Gasteiger partial charge in [0.05, 0.1) is 0 Å². The van der Waals surface area contributed by atoms with Gasteiger partial charge in [-0.25, -0.2) is 4.39 Å². The first-order valence-electron chi connectivity index (χ1n) is 12.1. The number of benzene rings is 3. The van der Waals surface area contributed by atoms with Crippen molar-refractivity contribution in [3.8, 4) is 11.3 Å². The molecule has 0 radical (unpaired) electrons. The van der Waals surface area contributed by atoms with Crippen molar-refractivity contribution in [3.05, 3.63) is 89.2 Å². The van der Waals surface area contributed by atoms with Crippen LogP contribution in [0.15, 0.2) is 71.3 Å². The lowest BCUT2D eigenvalue weighted by Crippen LogP contribution is -2.56. The Hall–Kier alpha value is -3.64. The molecule has 0 saturated carbocycles. The third-order valence-corrected chi connectivity index (χ3v) is 7.74. The predicted molar refractivity (Wildman–Crippen MR) is 131 cm³/mol. The first kappa shape index (κ1) is 21.9. The molecule has 176 valence electrons. The molecule has 1 aromatic heterocycles. The van der Waals surface area contributed by atoms with Gasteiger partial charge in [-0.3, -0.25) is 14.5 Å². The summed E-state index contributed by atoms with van der Waals surface area (Å²) in [5, 5.41) is 4.78. The summed E-state index contributed by atoms with van der Waals surface area (Å²) in [7, 11) is 0. The summed E-state index contributed by atoms with van der Waals surface area (Å²) < 4.78 is 19.1. The summed E-state index contributed by atoms with van der Waals surface area (Å²) in [5.41, 5.74) is 1.40. The number of carbonyl (C=O) groups excluding carboxylic acids is 2. The molecule has 1 aliphatic heterocycles. The van der Waals surface area contributed by atoms with Crippen LogP contribution in [0.25, 0.3) is 22.2 Å². The highest BCUT2D eigenvalue weighted by molar-refractivity contribution is 6.35. The van der Waals surface area contributed by atoms with Gasteiger partial charge in [0.25, 0.3) is 0 Å². The van der Waals surface area contributed by atoms with Crippen LogP contribution in [0.2, 0.25) is 0 Å². The molecule has 2 atom stereocenters. The molecule has 2 heterocycles. The summed E-state index contributed by atoms with van der Waals surface area (Å²) in [6.45, 7) is 3.73. The maximum atomic E-state index is 14.6. The number of hydrogen-bond acceptors (Lipinski definition) is 5. The third-order valence-electron chi connectivity index (χ3n) is 7.74. The highest BCUT2D eigenvalue weighted by Crippen LogP contribution is 2.47. The molecule has 0 spiro atoms. The van der Waals surface area contributed by atoms with Gasteiger partial charge >= 0.3 is 0 Å². The first-order chi connectivity index (χ1) is 17.0. The van der Waals surface area contributed by atoms with E-state index >= 15 is 0 Å². The topological polar surface area (TPSA) is 63.4 Å². The molecule has 6 heteroatoms. The minimum Gasteiger partial charge on any atom is -0.356 e. The largest absolute Gasteiger partial charge is 0.356 e. The number of hydrogen-bond donors (Lipinski definition) is 0. The Balaban J connectivity index is 1.57. The van der Waals surface area contributed by atoms with Gasteiger partial charge in [-0.05, 0) is 50.6 Å². The molecular weight excluding hydrogens is 443 g/mol. The van der Waals surface area contributed by atoms with E-state index in [4.69, 9.17) is 4.52 Å². The Kier molecular flexibility index (Phi) is 5.15. The number of piperidine rings is 1. The van der Waals surface area contributed by atoms with Crippen LogP contribution in [0.3, 0.4) is 0 Å². The normalized spacial score (nSPS) is 21.4. The number of carbonyl (C=O) groups is 2. The molecule has 6 rings (SSSR count). The minimum atomic E-state index is -1.34. The van der Waals surface area contributed by atoms with Crippen LogP contribution in [0.4, 0.5) is 4.39 Å². The molecule has 0 amide bonds. The van der Waals surface area contributed by atoms with Crippen molar-refractivity contribution in [1.82, 2.24) is 10.1 Å². The number of Topliss-reactive ketones (excluding diaryl/α,β-unsaturated/α-hetero) is 2. The first-order valence-corrected chi connectivity index (χ1v) is 12.1.